The van der Waals surface area contributed by atoms with Crippen molar-refractivity contribution >= 4 is 5.97 Å². The third kappa shape index (κ3) is 8.16. The number of methoxy groups -OCH3 is 1. The van der Waals surface area contributed by atoms with E-state index >= 15 is 0 Å². The van der Waals surface area contributed by atoms with Gasteiger partial charge in [0.25, 0.3) is 0 Å². The van der Waals surface area contributed by atoms with E-state index in [0.29, 0.717) is 18.9 Å². The molecule has 0 saturated heterocycles. The second-order valence-electron chi connectivity index (χ2n) is 4.41. The van der Waals surface area contributed by atoms with Crippen molar-refractivity contribution in [2.45, 2.75) is 52.0 Å². The molecule has 0 aromatic heterocycles. The zero-order chi connectivity index (χ0) is 13.1. The summed E-state index contributed by atoms with van der Waals surface area (Å²) in [6.07, 6.45) is 5.36. The van der Waals surface area contributed by atoms with E-state index in [1.54, 1.807) is 0 Å². The summed E-state index contributed by atoms with van der Waals surface area (Å²) in [5.41, 5.74) is 5.60. The summed E-state index contributed by atoms with van der Waals surface area (Å²) in [5.74, 6) is 0.260. The molecule has 0 aliphatic heterocycles. The molecular weight excluding hydrogens is 218 g/mol. The minimum Gasteiger partial charge on any atom is -0.468 e. The summed E-state index contributed by atoms with van der Waals surface area (Å²) < 4.78 is 10.1. The van der Waals surface area contributed by atoms with Crippen LogP contribution in [0, 0.1) is 5.92 Å². The number of ether oxygens (including phenoxy) is 2. The highest BCUT2D eigenvalue weighted by Crippen LogP contribution is 2.12. The summed E-state index contributed by atoms with van der Waals surface area (Å²) >= 11 is 0. The van der Waals surface area contributed by atoms with Crippen molar-refractivity contribution in [1.29, 1.82) is 0 Å². The number of hydrogen-bond acceptors (Lipinski definition) is 4. The largest absolute Gasteiger partial charge is 0.468 e. The number of rotatable bonds is 10. The first kappa shape index (κ1) is 16.4. The SMILES string of the molecule is CCCCC(CC)COCCC(N)C(=O)OC. The van der Waals surface area contributed by atoms with Gasteiger partial charge >= 0.3 is 5.97 Å². The van der Waals surface area contributed by atoms with Crippen LogP contribution >= 0.6 is 0 Å². The topological polar surface area (TPSA) is 61.5 Å². The molecule has 4 heteroatoms. The van der Waals surface area contributed by atoms with E-state index in [4.69, 9.17) is 10.5 Å². The Kier molecular flexibility index (Phi) is 10.2. The molecule has 0 amide bonds. The van der Waals surface area contributed by atoms with E-state index < -0.39 is 6.04 Å². The summed E-state index contributed by atoms with van der Waals surface area (Å²) in [6, 6.07) is -0.560. The molecule has 0 radical (unpaired) electrons. The Morgan fingerprint density at radius 3 is 2.53 bits per heavy atom. The molecule has 2 N–H and O–H groups in total. The van der Waals surface area contributed by atoms with E-state index in [0.717, 1.165) is 13.0 Å². The van der Waals surface area contributed by atoms with Gasteiger partial charge in [0.2, 0.25) is 0 Å². The van der Waals surface area contributed by atoms with E-state index in [-0.39, 0.29) is 5.97 Å². The normalized spacial score (nSPS) is 14.4. The quantitative estimate of drug-likeness (QED) is 0.473. The van der Waals surface area contributed by atoms with Gasteiger partial charge in [-0.2, -0.15) is 0 Å². The minimum absolute atomic E-state index is 0.369. The molecule has 2 atom stereocenters. The predicted molar refractivity (Wildman–Crippen MR) is 68.7 cm³/mol. The highest BCUT2D eigenvalue weighted by atomic mass is 16.5. The van der Waals surface area contributed by atoms with Gasteiger partial charge in [-0.1, -0.05) is 33.1 Å². The van der Waals surface area contributed by atoms with E-state index in [9.17, 15) is 4.79 Å². The first-order valence-corrected chi connectivity index (χ1v) is 6.56. The molecule has 4 nitrogen and oxygen atoms in total. The van der Waals surface area contributed by atoms with Crippen LogP contribution in [0.25, 0.3) is 0 Å². The Balaban J connectivity index is 3.57. The molecule has 0 aliphatic rings. The van der Waals surface area contributed by atoms with E-state index in [2.05, 4.69) is 18.6 Å². The van der Waals surface area contributed by atoms with Crippen molar-refractivity contribution in [2.24, 2.45) is 11.7 Å². The van der Waals surface area contributed by atoms with Crippen molar-refractivity contribution in [3.63, 3.8) is 0 Å². The van der Waals surface area contributed by atoms with Gasteiger partial charge in [0.15, 0.2) is 0 Å². The molecule has 17 heavy (non-hydrogen) atoms. The molecule has 0 rings (SSSR count). The van der Waals surface area contributed by atoms with Crippen molar-refractivity contribution in [2.75, 3.05) is 20.3 Å². The maximum Gasteiger partial charge on any atom is 0.322 e. The highest BCUT2D eigenvalue weighted by molar-refractivity contribution is 5.75. The van der Waals surface area contributed by atoms with E-state index in [1.165, 1.54) is 26.4 Å². The summed E-state index contributed by atoms with van der Waals surface area (Å²) in [4.78, 5) is 11.0. The molecule has 0 bridgehead atoms. The summed E-state index contributed by atoms with van der Waals surface area (Å²) in [6.45, 7) is 5.68. The van der Waals surface area contributed by atoms with Crippen LogP contribution in [0.2, 0.25) is 0 Å². The molecule has 0 saturated carbocycles. The average molecular weight is 245 g/mol. The lowest BCUT2D eigenvalue weighted by Crippen LogP contribution is -2.32. The fourth-order valence-corrected chi connectivity index (χ4v) is 1.63. The Morgan fingerprint density at radius 2 is 2.00 bits per heavy atom. The highest BCUT2D eigenvalue weighted by Gasteiger charge is 2.13. The monoisotopic (exact) mass is 245 g/mol. The number of carbonyl (C=O) groups is 1. The molecule has 102 valence electrons. The maximum absolute atomic E-state index is 11.0. The van der Waals surface area contributed by atoms with Gasteiger partial charge in [0.1, 0.15) is 6.04 Å². The molecular formula is C13H27NO3. The van der Waals surface area contributed by atoms with Gasteiger partial charge in [-0.15, -0.1) is 0 Å². The number of carbonyl (C=O) groups excluding carboxylic acids is 1. The van der Waals surface area contributed by atoms with Crippen molar-refractivity contribution < 1.29 is 14.3 Å². The smallest absolute Gasteiger partial charge is 0.322 e. The molecule has 0 aromatic carbocycles. The molecule has 0 fully saturated rings. The molecule has 0 heterocycles. The first-order valence-electron chi connectivity index (χ1n) is 6.56. The van der Waals surface area contributed by atoms with Gasteiger partial charge in [-0.05, 0) is 18.8 Å². The Morgan fingerprint density at radius 1 is 1.29 bits per heavy atom. The number of nitrogens with two attached hydrogens (primary N) is 1. The van der Waals surface area contributed by atoms with Crippen LogP contribution in [-0.4, -0.2) is 32.3 Å². The fraction of sp³-hybridized carbons (Fsp3) is 0.923. The van der Waals surface area contributed by atoms with Gasteiger partial charge in [0.05, 0.1) is 7.11 Å². The van der Waals surface area contributed by atoms with Gasteiger partial charge in [-0.3, -0.25) is 4.79 Å². The van der Waals surface area contributed by atoms with Crippen LogP contribution in [0.5, 0.6) is 0 Å². The molecule has 0 aliphatic carbocycles. The summed E-state index contributed by atoms with van der Waals surface area (Å²) in [7, 11) is 1.35. The van der Waals surface area contributed by atoms with Crippen LogP contribution in [0.15, 0.2) is 0 Å². The summed E-state index contributed by atoms with van der Waals surface area (Å²) in [5, 5.41) is 0. The lowest BCUT2D eigenvalue weighted by atomic mass is 10.0. The second kappa shape index (κ2) is 10.5. The van der Waals surface area contributed by atoms with E-state index in [1.807, 2.05) is 0 Å². The predicted octanol–water partition coefficient (Wildman–Crippen LogP) is 2.11. The van der Waals surface area contributed by atoms with Crippen LogP contribution in [0.3, 0.4) is 0 Å². The minimum atomic E-state index is -0.560. The van der Waals surface area contributed by atoms with Crippen LogP contribution < -0.4 is 5.73 Å². The molecule has 2 unspecified atom stereocenters. The third-order valence-corrected chi connectivity index (χ3v) is 2.97. The van der Waals surface area contributed by atoms with Gasteiger partial charge in [0, 0.05) is 13.2 Å². The van der Waals surface area contributed by atoms with Crippen molar-refractivity contribution in [1.82, 2.24) is 0 Å². The lowest BCUT2D eigenvalue weighted by molar-refractivity contribution is -0.142. The third-order valence-electron chi connectivity index (χ3n) is 2.97. The Hall–Kier alpha value is -0.610. The zero-order valence-corrected chi connectivity index (χ0v) is 11.4. The van der Waals surface area contributed by atoms with Crippen molar-refractivity contribution in [3.05, 3.63) is 0 Å². The number of unbranched alkanes of at least 4 members (excludes halogenated alkanes) is 1. The lowest BCUT2D eigenvalue weighted by Gasteiger charge is -2.15. The average Bonchev–Trinajstić information content (AvgIpc) is 2.36. The molecule has 0 spiro atoms. The zero-order valence-electron chi connectivity index (χ0n) is 11.4. The second-order valence-corrected chi connectivity index (χ2v) is 4.41. The van der Waals surface area contributed by atoms with Crippen LogP contribution in [0.1, 0.15) is 46.0 Å². The first-order chi connectivity index (χ1) is 8.15. The Labute approximate surface area is 105 Å². The van der Waals surface area contributed by atoms with Crippen LogP contribution in [-0.2, 0) is 14.3 Å². The number of hydrogen-bond donors (Lipinski definition) is 1. The van der Waals surface area contributed by atoms with Gasteiger partial charge in [-0.25, -0.2) is 0 Å². The number of esters is 1. The van der Waals surface area contributed by atoms with Crippen molar-refractivity contribution in [3.8, 4) is 0 Å². The standard InChI is InChI=1S/C13H27NO3/c1-4-6-7-11(5-2)10-17-9-8-12(14)13(15)16-3/h11-12H,4-10,14H2,1-3H3. The van der Waals surface area contributed by atoms with Crippen LogP contribution in [0.4, 0.5) is 0 Å². The maximum atomic E-state index is 11.0. The fourth-order valence-electron chi connectivity index (χ4n) is 1.63. The van der Waals surface area contributed by atoms with Gasteiger partial charge < -0.3 is 15.2 Å². The molecule has 0 aromatic rings. The Bertz CT molecular complexity index is 197.